The maximum atomic E-state index is 13.5. The van der Waals surface area contributed by atoms with Gasteiger partial charge >= 0.3 is 0 Å². The number of hydrogen-bond acceptors (Lipinski definition) is 6. The molecule has 1 saturated heterocycles. The van der Waals surface area contributed by atoms with Crippen LogP contribution in [0.4, 0.5) is 5.95 Å². The summed E-state index contributed by atoms with van der Waals surface area (Å²) in [7, 11) is 0. The molecule has 0 amide bonds. The summed E-state index contributed by atoms with van der Waals surface area (Å²) >= 11 is 6.11. The van der Waals surface area contributed by atoms with Crippen LogP contribution in [0.25, 0.3) is 10.9 Å². The maximum absolute atomic E-state index is 13.5. The van der Waals surface area contributed by atoms with Crippen LogP contribution in [0.1, 0.15) is 22.0 Å². The molecule has 1 aliphatic heterocycles. The first-order valence-electron chi connectivity index (χ1n) is 10.9. The molecule has 5 rings (SSSR count). The van der Waals surface area contributed by atoms with E-state index in [0.29, 0.717) is 42.7 Å². The molecular formula is C25H24ClN5O2. The maximum Gasteiger partial charge on any atom is 0.225 e. The molecule has 3 heterocycles. The SMILES string of the molecule is O=C(c1c[nH]c2ccccc12)[C@@H](O)[C@@H](c1ccc(Cl)cc1)N1CCN(c2ncccn2)CC1. The number of nitrogens with one attached hydrogen (secondary N) is 1. The molecule has 1 aliphatic rings. The van der Waals surface area contributed by atoms with Crippen molar-refractivity contribution < 1.29 is 9.90 Å². The van der Waals surface area contributed by atoms with Crippen molar-refractivity contribution in [2.75, 3.05) is 31.1 Å². The molecule has 2 atom stereocenters. The van der Waals surface area contributed by atoms with E-state index >= 15 is 0 Å². The number of nitrogens with zero attached hydrogens (tertiary/aromatic N) is 4. The van der Waals surface area contributed by atoms with Crippen molar-refractivity contribution >= 4 is 34.2 Å². The Morgan fingerprint density at radius 1 is 0.970 bits per heavy atom. The fourth-order valence-corrected chi connectivity index (χ4v) is 4.61. The molecule has 4 aromatic rings. The van der Waals surface area contributed by atoms with Crippen LogP contribution in [0.3, 0.4) is 0 Å². The van der Waals surface area contributed by atoms with Crippen molar-refractivity contribution in [2.45, 2.75) is 12.1 Å². The fourth-order valence-electron chi connectivity index (χ4n) is 4.49. The third kappa shape index (κ3) is 4.35. The first kappa shape index (κ1) is 21.6. The average Bonchev–Trinajstić information content (AvgIpc) is 3.30. The number of rotatable bonds is 6. The predicted molar refractivity (Wildman–Crippen MR) is 129 cm³/mol. The smallest absolute Gasteiger partial charge is 0.225 e. The quantitative estimate of drug-likeness (QED) is 0.426. The Hall–Kier alpha value is -3.26. The average molecular weight is 462 g/mol. The molecule has 7 nitrogen and oxygen atoms in total. The summed E-state index contributed by atoms with van der Waals surface area (Å²) in [6.45, 7) is 2.71. The van der Waals surface area contributed by atoms with Gasteiger partial charge in [0.05, 0.1) is 6.04 Å². The summed E-state index contributed by atoms with van der Waals surface area (Å²) in [4.78, 5) is 29.6. The Bertz CT molecular complexity index is 1240. The van der Waals surface area contributed by atoms with Gasteiger partial charge < -0.3 is 15.0 Å². The highest BCUT2D eigenvalue weighted by Gasteiger charge is 2.36. The molecule has 0 bridgehead atoms. The lowest BCUT2D eigenvalue weighted by atomic mass is 9.93. The number of benzene rings is 2. The zero-order chi connectivity index (χ0) is 22.8. The van der Waals surface area contributed by atoms with Gasteiger partial charge in [-0.2, -0.15) is 0 Å². The number of ketones is 1. The normalized spacial score (nSPS) is 16.6. The van der Waals surface area contributed by atoms with E-state index in [0.717, 1.165) is 16.5 Å². The molecule has 0 spiro atoms. The highest BCUT2D eigenvalue weighted by atomic mass is 35.5. The minimum Gasteiger partial charge on any atom is -0.383 e. The van der Waals surface area contributed by atoms with Gasteiger partial charge in [0.1, 0.15) is 6.10 Å². The van der Waals surface area contributed by atoms with Gasteiger partial charge in [-0.1, -0.05) is 41.9 Å². The number of para-hydroxylation sites is 1. The largest absolute Gasteiger partial charge is 0.383 e. The van der Waals surface area contributed by atoms with Gasteiger partial charge in [-0.05, 0) is 29.8 Å². The number of aromatic amines is 1. The number of aromatic nitrogens is 3. The summed E-state index contributed by atoms with van der Waals surface area (Å²) in [6, 6.07) is 16.3. The molecule has 168 valence electrons. The van der Waals surface area contributed by atoms with E-state index in [2.05, 4.69) is 24.8 Å². The predicted octanol–water partition coefficient (Wildman–Crippen LogP) is 3.72. The summed E-state index contributed by atoms with van der Waals surface area (Å²) in [5, 5.41) is 12.8. The van der Waals surface area contributed by atoms with Crippen LogP contribution in [-0.4, -0.2) is 63.0 Å². The number of hydrogen-bond donors (Lipinski definition) is 2. The molecule has 1 fully saturated rings. The van der Waals surface area contributed by atoms with Gasteiger partial charge in [0, 0.05) is 66.3 Å². The number of fused-ring (bicyclic) bond motifs is 1. The van der Waals surface area contributed by atoms with E-state index in [9.17, 15) is 9.90 Å². The Kier molecular flexibility index (Phi) is 6.09. The number of halogens is 1. The van der Waals surface area contributed by atoms with E-state index in [1.807, 2.05) is 36.4 Å². The van der Waals surface area contributed by atoms with E-state index in [1.165, 1.54) is 0 Å². The van der Waals surface area contributed by atoms with Crippen LogP contribution in [0.2, 0.25) is 5.02 Å². The topological polar surface area (TPSA) is 85.4 Å². The Labute approximate surface area is 196 Å². The zero-order valence-electron chi connectivity index (χ0n) is 17.9. The second-order valence-electron chi connectivity index (χ2n) is 8.13. The standard InChI is InChI=1S/C25H24ClN5O2/c26-18-8-6-17(7-9-18)22(30-12-14-31(15-13-30)25-27-10-3-11-28-25)24(33)23(32)20-16-29-21-5-2-1-4-19(20)21/h1-11,16,22,24,29,33H,12-15H2/t22-,24+/m1/s1. The first-order chi connectivity index (χ1) is 16.1. The number of piperazine rings is 1. The Morgan fingerprint density at radius 3 is 2.39 bits per heavy atom. The van der Waals surface area contributed by atoms with Gasteiger partial charge in [-0.15, -0.1) is 0 Å². The monoisotopic (exact) mass is 461 g/mol. The number of Topliss-reactive ketones (excluding diaryl/α,β-unsaturated/α-hetero) is 1. The zero-order valence-corrected chi connectivity index (χ0v) is 18.7. The highest BCUT2D eigenvalue weighted by Crippen LogP contribution is 2.31. The van der Waals surface area contributed by atoms with E-state index in [4.69, 9.17) is 11.6 Å². The fraction of sp³-hybridized carbons (Fsp3) is 0.240. The van der Waals surface area contributed by atoms with Gasteiger partial charge in [-0.25, -0.2) is 9.97 Å². The van der Waals surface area contributed by atoms with Crippen LogP contribution < -0.4 is 4.90 Å². The molecular weight excluding hydrogens is 438 g/mol. The lowest BCUT2D eigenvalue weighted by Crippen LogP contribution is -2.51. The van der Waals surface area contributed by atoms with Crippen molar-refractivity contribution in [3.05, 3.63) is 89.3 Å². The molecule has 2 aromatic carbocycles. The van der Waals surface area contributed by atoms with Crippen molar-refractivity contribution in [1.29, 1.82) is 0 Å². The van der Waals surface area contributed by atoms with Crippen LogP contribution in [0.5, 0.6) is 0 Å². The molecule has 0 radical (unpaired) electrons. The molecule has 8 heteroatoms. The summed E-state index contributed by atoms with van der Waals surface area (Å²) in [5.41, 5.74) is 2.21. The first-order valence-corrected chi connectivity index (χ1v) is 11.3. The Morgan fingerprint density at radius 2 is 1.67 bits per heavy atom. The number of H-pyrrole nitrogens is 1. The van der Waals surface area contributed by atoms with E-state index in [-0.39, 0.29) is 5.78 Å². The second-order valence-corrected chi connectivity index (χ2v) is 8.56. The third-order valence-electron chi connectivity index (χ3n) is 6.18. The van der Waals surface area contributed by atoms with E-state index < -0.39 is 12.1 Å². The van der Waals surface area contributed by atoms with Gasteiger partial charge in [0.2, 0.25) is 5.95 Å². The van der Waals surface area contributed by atoms with Crippen molar-refractivity contribution in [2.24, 2.45) is 0 Å². The number of carbonyl (C=O) groups excluding carboxylic acids is 1. The third-order valence-corrected chi connectivity index (χ3v) is 6.43. The molecule has 0 saturated carbocycles. The van der Waals surface area contributed by atoms with Crippen LogP contribution >= 0.6 is 11.6 Å². The number of aliphatic hydroxyl groups excluding tert-OH is 1. The lowest BCUT2D eigenvalue weighted by molar-refractivity contribution is 0.0365. The lowest BCUT2D eigenvalue weighted by Gasteiger charge is -2.40. The minimum absolute atomic E-state index is 0.304. The van der Waals surface area contributed by atoms with Crippen molar-refractivity contribution in [3.63, 3.8) is 0 Å². The summed E-state index contributed by atoms with van der Waals surface area (Å²) < 4.78 is 0. The van der Waals surface area contributed by atoms with Crippen LogP contribution in [0.15, 0.2) is 73.2 Å². The van der Waals surface area contributed by atoms with Gasteiger partial charge in [0.15, 0.2) is 5.78 Å². The highest BCUT2D eigenvalue weighted by molar-refractivity contribution is 6.30. The summed E-state index contributed by atoms with van der Waals surface area (Å²) in [5.74, 6) is 0.386. The number of anilines is 1. The van der Waals surface area contributed by atoms with Crippen molar-refractivity contribution in [1.82, 2.24) is 19.9 Å². The van der Waals surface area contributed by atoms with Gasteiger partial charge in [-0.3, -0.25) is 9.69 Å². The molecule has 2 aromatic heterocycles. The Balaban J connectivity index is 1.42. The molecule has 0 unspecified atom stereocenters. The van der Waals surface area contributed by atoms with Crippen LogP contribution in [-0.2, 0) is 0 Å². The van der Waals surface area contributed by atoms with E-state index in [1.54, 1.807) is 36.8 Å². The minimum atomic E-state index is -1.23. The van der Waals surface area contributed by atoms with Gasteiger partial charge in [0.25, 0.3) is 0 Å². The van der Waals surface area contributed by atoms with Crippen LogP contribution in [0, 0.1) is 0 Å². The molecule has 2 N–H and O–H groups in total. The van der Waals surface area contributed by atoms with Crippen molar-refractivity contribution in [3.8, 4) is 0 Å². The number of carbonyl (C=O) groups is 1. The number of aliphatic hydroxyl groups is 1. The summed E-state index contributed by atoms with van der Waals surface area (Å²) in [6.07, 6.45) is 3.91. The molecule has 0 aliphatic carbocycles. The second kappa shape index (κ2) is 9.31. The molecule has 33 heavy (non-hydrogen) atoms.